The number of nitrogens with zero attached hydrogens (tertiary/aromatic N) is 16. The van der Waals surface area contributed by atoms with Gasteiger partial charge in [0.2, 0.25) is 17.8 Å². The number of thiazole rings is 3. The highest BCUT2D eigenvalue weighted by molar-refractivity contribution is 7.20. The first kappa shape index (κ1) is 76.1. The van der Waals surface area contributed by atoms with E-state index in [0.29, 0.717) is 145 Å². The van der Waals surface area contributed by atoms with Crippen LogP contribution in [0.4, 0.5) is 90.5 Å². The van der Waals surface area contributed by atoms with Crippen LogP contribution in [0.5, 0.6) is 0 Å². The minimum atomic E-state index is -0.572. The minimum absolute atomic E-state index is 0.0478. The number of urea groups is 3. The second kappa shape index (κ2) is 34.1. The van der Waals surface area contributed by atoms with E-state index in [2.05, 4.69) is 55.2 Å². The number of aryl methyl sites for hydroxylation is 1. The molecule has 5 fully saturated rings. The highest BCUT2D eigenvalue weighted by atomic mass is 35.5. The third kappa shape index (κ3) is 17.1. The Kier molecular flexibility index (Phi) is 23.2. The number of carbonyl (C=O) groups is 3. The van der Waals surface area contributed by atoms with Gasteiger partial charge in [-0.3, -0.25) is 19.6 Å². The molecule has 6 aromatic carbocycles. The molecule has 11 heterocycles. The summed E-state index contributed by atoms with van der Waals surface area (Å²) in [5.41, 5.74) is 27.9. The molecule has 0 unspecified atom stereocenters. The van der Waals surface area contributed by atoms with Crippen LogP contribution in [0.3, 0.4) is 0 Å². The summed E-state index contributed by atoms with van der Waals surface area (Å²) in [7, 11) is 0. The summed E-state index contributed by atoms with van der Waals surface area (Å²) in [4.78, 5) is 94.8. The molecular formula is C77H70Cl3F2N21O6S3. The van der Waals surface area contributed by atoms with E-state index < -0.39 is 17.7 Å². The van der Waals surface area contributed by atoms with E-state index in [1.54, 1.807) is 122 Å². The maximum absolute atomic E-state index is 15.8. The molecule has 5 saturated heterocycles. The van der Waals surface area contributed by atoms with Crippen LogP contribution >= 0.6 is 68.8 Å². The van der Waals surface area contributed by atoms with E-state index in [4.69, 9.17) is 81.2 Å². The molecule has 6 aromatic heterocycles. The monoisotopic (exact) mass is 1620 g/mol. The fourth-order valence-electron chi connectivity index (χ4n) is 12.9. The zero-order chi connectivity index (χ0) is 77.5. The summed E-state index contributed by atoms with van der Waals surface area (Å²) >= 11 is 23.0. The second-order valence-electron chi connectivity index (χ2n) is 25.8. The van der Waals surface area contributed by atoms with Crippen molar-refractivity contribution in [3.05, 3.63) is 196 Å². The Bertz CT molecular complexity index is 5460. The predicted octanol–water partition coefficient (Wildman–Crippen LogP) is 15.1. The average Bonchev–Trinajstić information content (AvgIpc) is 1.63. The van der Waals surface area contributed by atoms with Crippen molar-refractivity contribution in [2.24, 2.45) is 0 Å². The van der Waals surface area contributed by atoms with Crippen LogP contribution in [-0.4, -0.2) is 168 Å². The number of nitrogens with two attached hydrogens (primary N) is 3. The minimum Gasteiger partial charge on any atom is -0.378 e. The molecule has 27 nitrogen and oxygen atoms in total. The number of carbonyl (C=O) groups excluding carboxylic acids is 3. The van der Waals surface area contributed by atoms with Crippen molar-refractivity contribution in [3.63, 3.8) is 0 Å². The summed E-state index contributed by atoms with van der Waals surface area (Å²) in [6.45, 7) is 12.1. The van der Waals surface area contributed by atoms with Crippen molar-refractivity contribution < 1.29 is 37.4 Å². The van der Waals surface area contributed by atoms with Gasteiger partial charge in [-0.15, -0.1) is 0 Å². The van der Waals surface area contributed by atoms with Gasteiger partial charge in [0, 0.05) is 112 Å². The SMILES string of the molecule is Cc1ccc(NC(=O)Nc2cccc(-c3sc(N4CCOCC4)nc3-c3ccnc(N)n3)c2F)cc1.Nc1nccc(-c2nc(N3CCOCC3)sc2-c2cccc(N3CCN(c4ccc(Cl)c(Cl)c4)C3=O)c2)n1.Nc1nccc(-c2nc(N3CCOCC3)sc2-c2cccc(N3CCN(c4ccc(F)cc4Cl)C3=O)c2)n1. The molecule has 6 amide bonds. The van der Waals surface area contributed by atoms with Gasteiger partial charge >= 0.3 is 18.1 Å². The molecule has 8 N–H and O–H groups in total. The molecule has 572 valence electrons. The number of aromatic nitrogens is 9. The van der Waals surface area contributed by atoms with E-state index >= 15 is 4.39 Å². The lowest BCUT2D eigenvalue weighted by molar-refractivity contribution is 0.122. The Labute approximate surface area is 668 Å². The molecule has 5 aliphatic rings. The number of nitrogens with one attached hydrogen (secondary N) is 2. The average molecular weight is 1630 g/mol. The van der Waals surface area contributed by atoms with Gasteiger partial charge in [-0.05, 0) is 115 Å². The van der Waals surface area contributed by atoms with Gasteiger partial charge in [-0.2, -0.15) is 0 Å². The molecule has 0 bridgehead atoms. The van der Waals surface area contributed by atoms with Gasteiger partial charge in [0.15, 0.2) is 21.2 Å². The number of morpholine rings is 3. The highest BCUT2D eigenvalue weighted by Crippen LogP contribution is 2.46. The van der Waals surface area contributed by atoms with Crippen molar-refractivity contribution in [1.29, 1.82) is 0 Å². The fraction of sp³-hybridized carbons (Fsp3) is 0.221. The van der Waals surface area contributed by atoms with Crippen molar-refractivity contribution in [2.45, 2.75) is 6.92 Å². The Hall–Kier alpha value is -11.3. The molecule has 0 spiro atoms. The summed E-state index contributed by atoms with van der Waals surface area (Å²) in [6.07, 6.45) is 4.79. The molecule has 0 atom stereocenters. The molecule has 112 heavy (non-hydrogen) atoms. The molecule has 17 rings (SSSR count). The Balaban J connectivity index is 0.000000133. The van der Waals surface area contributed by atoms with Gasteiger partial charge in [-0.1, -0.05) is 123 Å². The zero-order valence-corrected chi connectivity index (χ0v) is 64.6. The van der Waals surface area contributed by atoms with Crippen molar-refractivity contribution in [3.8, 4) is 65.5 Å². The lowest BCUT2D eigenvalue weighted by Gasteiger charge is -2.26. The number of ether oxygens (including phenoxy) is 3. The number of benzene rings is 6. The summed E-state index contributed by atoms with van der Waals surface area (Å²) < 4.78 is 45.8. The van der Waals surface area contributed by atoms with E-state index in [1.807, 2.05) is 67.6 Å². The maximum atomic E-state index is 15.8. The number of hydrogen-bond donors (Lipinski definition) is 5. The van der Waals surface area contributed by atoms with Crippen molar-refractivity contribution in [1.82, 2.24) is 44.9 Å². The molecular weight excluding hydrogens is 1560 g/mol. The van der Waals surface area contributed by atoms with Crippen molar-refractivity contribution in [2.75, 3.05) is 167 Å². The van der Waals surface area contributed by atoms with Gasteiger partial charge in [-0.25, -0.2) is 68.0 Å². The number of halogens is 5. The molecule has 0 radical (unpaired) electrons. The Morgan fingerprint density at radius 2 is 0.884 bits per heavy atom. The summed E-state index contributed by atoms with van der Waals surface area (Å²) in [6, 6.07) is 41.5. The first-order valence-electron chi connectivity index (χ1n) is 35.4. The third-order valence-corrected chi connectivity index (χ3v) is 23.0. The largest absolute Gasteiger partial charge is 0.378 e. The van der Waals surface area contributed by atoms with Gasteiger partial charge in [0.25, 0.3) is 0 Å². The van der Waals surface area contributed by atoms with Crippen LogP contribution in [0, 0.1) is 18.6 Å². The normalized spacial score (nSPS) is 15.1. The first-order chi connectivity index (χ1) is 54.4. The van der Waals surface area contributed by atoms with Gasteiger partial charge in [0.05, 0.1) is 97.8 Å². The Morgan fingerprint density at radius 1 is 0.446 bits per heavy atom. The summed E-state index contributed by atoms with van der Waals surface area (Å²) in [5, 5.41) is 8.89. The van der Waals surface area contributed by atoms with E-state index in [0.717, 1.165) is 85.1 Å². The number of rotatable bonds is 15. The summed E-state index contributed by atoms with van der Waals surface area (Å²) in [5.74, 6) is -0.559. The van der Waals surface area contributed by atoms with Gasteiger partial charge < -0.3 is 56.7 Å². The smallest absolute Gasteiger partial charge is 0.329 e. The standard InChI is InChI=1S/C26H23Cl2N7O2S.C26H23ClFN7O2S.C25H24FN7O2S/c27-19-5-4-18(15-20(19)28)35-9-8-34(26(35)36)17-3-1-2-16(14-17)23-22(21-6-7-30-24(29)31-21)32-25(38-23)33-10-12-37-13-11-33;27-19-15-17(28)4-5-21(19)35-9-8-34(26(35)36)18-3-1-2-16(14-18)23-22(20-6-7-30-24(29)31-20)32-25(38-23)33-10-12-37-13-11-33;1-15-5-7-16(8-6-15)29-24(34)31-18-4-2-3-17(20(18)26)22-21(19-9-10-28-23(27)30-19)32-25(36-22)33-11-13-35-14-12-33/h2*1-7,14-15H,8-13H2,(H2,29,30,31);2-10H,11-14H2,1H3,(H2,27,28,30)(H2,29,31,34). The molecule has 0 saturated carbocycles. The number of amides is 6. The number of anilines is 12. The molecule has 35 heteroatoms. The number of hydrogen-bond acceptors (Lipinski definition) is 24. The van der Waals surface area contributed by atoms with Crippen LogP contribution in [0.15, 0.2) is 164 Å². The molecule has 0 aliphatic carbocycles. The zero-order valence-electron chi connectivity index (χ0n) is 59.9. The quantitative estimate of drug-likeness (QED) is 0.0636. The van der Waals surface area contributed by atoms with Crippen LogP contribution < -0.4 is 62.1 Å². The molecule has 5 aliphatic heterocycles. The van der Waals surface area contributed by atoms with E-state index in [1.165, 1.54) is 35.6 Å². The fourth-order valence-corrected chi connectivity index (χ4v) is 16.9. The lowest BCUT2D eigenvalue weighted by atomic mass is 10.1. The third-order valence-electron chi connectivity index (χ3n) is 18.5. The van der Waals surface area contributed by atoms with E-state index in [9.17, 15) is 18.8 Å². The topological polar surface area (TPSA) is 320 Å². The van der Waals surface area contributed by atoms with Crippen molar-refractivity contribution >= 4 is 154 Å². The lowest BCUT2D eigenvalue weighted by Crippen LogP contribution is -2.36. The van der Waals surface area contributed by atoms with Crippen LogP contribution in [-0.2, 0) is 14.2 Å². The number of nitrogen functional groups attached to an aromatic ring is 3. The first-order valence-corrected chi connectivity index (χ1v) is 39.0. The second-order valence-corrected chi connectivity index (χ2v) is 30.0. The Morgan fingerprint density at radius 3 is 1.35 bits per heavy atom. The van der Waals surface area contributed by atoms with Gasteiger partial charge in [0.1, 0.15) is 22.9 Å². The van der Waals surface area contributed by atoms with Crippen LogP contribution in [0.2, 0.25) is 15.1 Å². The van der Waals surface area contributed by atoms with E-state index in [-0.39, 0.29) is 40.6 Å². The maximum Gasteiger partial charge on any atom is 0.329 e. The van der Waals surface area contributed by atoms with Crippen LogP contribution in [0.1, 0.15) is 5.56 Å². The molecule has 12 aromatic rings. The highest BCUT2D eigenvalue weighted by Gasteiger charge is 2.35. The van der Waals surface area contributed by atoms with Crippen LogP contribution in [0.25, 0.3) is 65.5 Å². The predicted molar refractivity (Wildman–Crippen MR) is 440 cm³/mol.